The molecule has 39 heavy (non-hydrogen) atoms. The van der Waals surface area contributed by atoms with E-state index < -0.39 is 5.92 Å². The number of amides is 1. The van der Waals surface area contributed by atoms with Crippen LogP contribution < -0.4 is 24.8 Å². The number of methoxy groups -OCH3 is 3. The van der Waals surface area contributed by atoms with Crippen molar-refractivity contribution < 1.29 is 23.8 Å². The van der Waals surface area contributed by atoms with Gasteiger partial charge in [-0.3, -0.25) is 9.59 Å². The number of anilines is 1. The van der Waals surface area contributed by atoms with Gasteiger partial charge in [0, 0.05) is 46.8 Å². The Morgan fingerprint density at radius 3 is 2.36 bits per heavy atom. The van der Waals surface area contributed by atoms with Gasteiger partial charge in [0.1, 0.15) is 23.1 Å². The Morgan fingerprint density at radius 2 is 1.69 bits per heavy atom. The van der Waals surface area contributed by atoms with E-state index in [1.54, 1.807) is 51.8 Å². The van der Waals surface area contributed by atoms with E-state index >= 15 is 0 Å². The molecule has 2 heterocycles. The Hall–Kier alpha value is -4.59. The molecule has 1 aliphatic heterocycles. The number of rotatable bonds is 7. The van der Waals surface area contributed by atoms with Crippen LogP contribution in [0.3, 0.4) is 0 Å². The van der Waals surface area contributed by atoms with Crippen molar-refractivity contribution in [1.82, 2.24) is 10.3 Å². The van der Waals surface area contributed by atoms with Crippen LogP contribution in [0.1, 0.15) is 42.7 Å². The summed E-state index contributed by atoms with van der Waals surface area (Å²) in [6, 6.07) is 18.6. The lowest BCUT2D eigenvalue weighted by Gasteiger charge is -2.37. The first kappa shape index (κ1) is 26.0. The second kappa shape index (κ2) is 11.0. The van der Waals surface area contributed by atoms with Gasteiger partial charge in [-0.05, 0) is 55.2 Å². The van der Waals surface area contributed by atoms with E-state index in [1.165, 1.54) is 0 Å². The number of nitrogens with zero attached hydrogens (tertiary/aromatic N) is 1. The highest BCUT2D eigenvalue weighted by atomic mass is 16.5. The van der Waals surface area contributed by atoms with Gasteiger partial charge in [-0.1, -0.05) is 24.3 Å². The standard InChI is InChI=1S/C31H31N3O5/c1-18-28(31(36)34-27-7-5-6-14-32-27)29(23-13-12-22(38-3)17-26(23)39-4)30-24(33-18)15-20(16-25(30)35)19-8-10-21(37-2)11-9-19/h5-14,17,20,29,33H,15-16H2,1-4H3,(H,32,34,36). The Balaban J connectivity index is 1.59. The van der Waals surface area contributed by atoms with Gasteiger partial charge in [-0.15, -0.1) is 0 Å². The molecule has 5 rings (SSSR count). The fourth-order valence-corrected chi connectivity index (χ4v) is 5.44. The maximum Gasteiger partial charge on any atom is 0.255 e. The van der Waals surface area contributed by atoms with Crippen LogP contribution in [0.4, 0.5) is 5.82 Å². The number of pyridine rings is 1. The highest BCUT2D eigenvalue weighted by Crippen LogP contribution is 2.48. The summed E-state index contributed by atoms with van der Waals surface area (Å²) in [7, 11) is 4.78. The number of ether oxygens (including phenoxy) is 3. The zero-order chi connectivity index (χ0) is 27.5. The zero-order valence-corrected chi connectivity index (χ0v) is 22.4. The van der Waals surface area contributed by atoms with E-state index in [0.29, 0.717) is 52.6 Å². The summed E-state index contributed by atoms with van der Waals surface area (Å²) >= 11 is 0. The Labute approximate surface area is 227 Å². The fraction of sp³-hybridized carbons (Fsp3) is 0.258. The molecule has 0 radical (unpaired) electrons. The first-order valence-electron chi connectivity index (χ1n) is 12.8. The monoisotopic (exact) mass is 525 g/mol. The molecule has 2 aliphatic rings. The minimum absolute atomic E-state index is 0.00441. The summed E-state index contributed by atoms with van der Waals surface area (Å²) in [6.07, 6.45) is 2.58. The lowest BCUT2D eigenvalue weighted by atomic mass is 9.71. The second-order valence-electron chi connectivity index (χ2n) is 9.57. The maximum absolute atomic E-state index is 13.9. The van der Waals surface area contributed by atoms with Crippen molar-refractivity contribution >= 4 is 17.5 Å². The Bertz CT molecular complexity index is 1460. The van der Waals surface area contributed by atoms with Gasteiger partial charge >= 0.3 is 0 Å². The summed E-state index contributed by atoms with van der Waals surface area (Å²) in [5.74, 6) is 1.38. The quantitative estimate of drug-likeness (QED) is 0.442. The number of dihydropyridines is 1. The molecule has 200 valence electrons. The van der Waals surface area contributed by atoms with E-state index in [-0.39, 0.29) is 17.6 Å². The maximum atomic E-state index is 13.9. The number of aromatic nitrogens is 1. The number of carbonyl (C=O) groups is 2. The molecule has 0 fully saturated rings. The summed E-state index contributed by atoms with van der Waals surface area (Å²) in [5, 5.41) is 6.31. The van der Waals surface area contributed by atoms with E-state index in [9.17, 15) is 9.59 Å². The van der Waals surface area contributed by atoms with Gasteiger partial charge in [-0.2, -0.15) is 0 Å². The molecular weight excluding hydrogens is 494 g/mol. The molecule has 0 saturated heterocycles. The average molecular weight is 526 g/mol. The van der Waals surface area contributed by atoms with Crippen LogP contribution in [-0.4, -0.2) is 38.0 Å². The van der Waals surface area contributed by atoms with Gasteiger partial charge < -0.3 is 24.8 Å². The van der Waals surface area contributed by atoms with Crippen molar-refractivity contribution in [2.24, 2.45) is 0 Å². The van der Waals surface area contributed by atoms with Crippen LogP contribution in [0.15, 0.2) is 89.4 Å². The highest BCUT2D eigenvalue weighted by molar-refractivity contribution is 6.09. The van der Waals surface area contributed by atoms with Crippen molar-refractivity contribution in [1.29, 1.82) is 0 Å². The molecule has 3 aromatic rings. The number of benzene rings is 2. The average Bonchev–Trinajstić information content (AvgIpc) is 2.96. The summed E-state index contributed by atoms with van der Waals surface area (Å²) in [6.45, 7) is 1.86. The number of hydrogen-bond acceptors (Lipinski definition) is 7. The fourth-order valence-electron chi connectivity index (χ4n) is 5.44. The van der Waals surface area contributed by atoms with Gasteiger partial charge in [0.2, 0.25) is 0 Å². The Kier molecular flexibility index (Phi) is 7.36. The van der Waals surface area contributed by atoms with Gasteiger partial charge in [0.25, 0.3) is 5.91 Å². The molecule has 0 bridgehead atoms. The topological polar surface area (TPSA) is 98.8 Å². The van der Waals surface area contributed by atoms with Crippen LogP contribution in [0.5, 0.6) is 17.2 Å². The summed E-state index contributed by atoms with van der Waals surface area (Å²) < 4.78 is 16.4. The first-order chi connectivity index (χ1) is 18.9. The molecule has 8 heteroatoms. The predicted molar refractivity (Wildman–Crippen MR) is 148 cm³/mol. The number of hydrogen-bond donors (Lipinski definition) is 2. The third-order valence-electron chi connectivity index (χ3n) is 7.32. The summed E-state index contributed by atoms with van der Waals surface area (Å²) in [4.78, 5) is 31.9. The molecule has 1 aliphatic carbocycles. The number of ketones is 1. The van der Waals surface area contributed by atoms with Crippen molar-refractivity contribution in [3.8, 4) is 17.2 Å². The van der Waals surface area contributed by atoms with Crippen LogP contribution in [0, 0.1) is 0 Å². The van der Waals surface area contributed by atoms with Gasteiger partial charge in [0.15, 0.2) is 5.78 Å². The largest absolute Gasteiger partial charge is 0.497 e. The van der Waals surface area contributed by atoms with Crippen LogP contribution in [-0.2, 0) is 9.59 Å². The van der Waals surface area contributed by atoms with Crippen LogP contribution in [0.25, 0.3) is 0 Å². The third-order valence-corrected chi connectivity index (χ3v) is 7.32. The zero-order valence-electron chi connectivity index (χ0n) is 22.4. The Morgan fingerprint density at radius 1 is 0.949 bits per heavy atom. The molecule has 8 nitrogen and oxygen atoms in total. The van der Waals surface area contributed by atoms with E-state index in [2.05, 4.69) is 15.6 Å². The van der Waals surface area contributed by atoms with Gasteiger partial charge in [0.05, 0.1) is 27.2 Å². The molecular formula is C31H31N3O5. The second-order valence-corrected chi connectivity index (χ2v) is 9.57. The van der Waals surface area contributed by atoms with Crippen molar-refractivity contribution in [3.05, 3.63) is 101 Å². The lowest BCUT2D eigenvalue weighted by Crippen LogP contribution is -2.37. The van der Waals surface area contributed by atoms with Crippen molar-refractivity contribution in [2.75, 3.05) is 26.6 Å². The molecule has 2 atom stereocenters. The molecule has 2 unspecified atom stereocenters. The highest BCUT2D eigenvalue weighted by Gasteiger charge is 2.42. The summed E-state index contributed by atoms with van der Waals surface area (Å²) in [5.41, 5.74) is 4.31. The van der Waals surface area contributed by atoms with Crippen molar-refractivity contribution in [2.45, 2.75) is 31.6 Å². The molecule has 2 aromatic carbocycles. The number of nitrogens with one attached hydrogen (secondary N) is 2. The molecule has 1 aromatic heterocycles. The molecule has 1 amide bonds. The first-order valence-corrected chi connectivity index (χ1v) is 12.8. The van der Waals surface area contributed by atoms with E-state index in [1.807, 2.05) is 43.3 Å². The van der Waals surface area contributed by atoms with Crippen LogP contribution >= 0.6 is 0 Å². The number of Topliss-reactive ketones (excluding diaryl/α,β-unsaturated/α-hetero) is 1. The number of allylic oxidation sites excluding steroid dienone is 3. The lowest BCUT2D eigenvalue weighted by molar-refractivity contribution is -0.116. The molecule has 2 N–H and O–H groups in total. The normalized spacial score (nSPS) is 18.7. The smallest absolute Gasteiger partial charge is 0.255 e. The molecule has 0 spiro atoms. The predicted octanol–water partition coefficient (Wildman–Crippen LogP) is 5.11. The van der Waals surface area contributed by atoms with E-state index in [4.69, 9.17) is 14.2 Å². The number of carbonyl (C=O) groups excluding carboxylic acids is 2. The SMILES string of the molecule is COc1ccc(C2CC(=O)C3=C(C2)NC(C)=C(C(=O)Nc2ccccn2)C3c2ccc(OC)cc2OC)cc1. The minimum Gasteiger partial charge on any atom is -0.497 e. The third kappa shape index (κ3) is 5.10. The van der Waals surface area contributed by atoms with Crippen molar-refractivity contribution in [3.63, 3.8) is 0 Å². The van der Waals surface area contributed by atoms with Crippen LogP contribution in [0.2, 0.25) is 0 Å². The van der Waals surface area contributed by atoms with E-state index in [0.717, 1.165) is 17.0 Å². The molecule has 0 saturated carbocycles. The van der Waals surface area contributed by atoms with Gasteiger partial charge in [-0.25, -0.2) is 4.98 Å². The minimum atomic E-state index is -0.630.